The van der Waals surface area contributed by atoms with E-state index in [2.05, 4.69) is 24.0 Å². The Bertz CT molecular complexity index is 645. The lowest BCUT2D eigenvalue weighted by Gasteiger charge is -2.05. The Labute approximate surface area is 125 Å². The number of aliphatic imine (C=N–C) groups is 1. The summed E-state index contributed by atoms with van der Waals surface area (Å²) < 4.78 is 0. The third-order valence-corrected chi connectivity index (χ3v) is 4.56. The van der Waals surface area contributed by atoms with Crippen molar-refractivity contribution in [1.82, 2.24) is 0 Å². The van der Waals surface area contributed by atoms with E-state index in [0.717, 1.165) is 16.2 Å². The van der Waals surface area contributed by atoms with Gasteiger partial charge in [0.25, 0.3) is 5.91 Å². The third-order valence-electron chi connectivity index (χ3n) is 2.50. The molecule has 2 aromatic rings. The van der Waals surface area contributed by atoms with Crippen LogP contribution in [0.15, 0.2) is 46.3 Å². The summed E-state index contributed by atoms with van der Waals surface area (Å²) >= 11 is 3.17. The molecule has 1 aromatic carbocycles. The first kappa shape index (κ1) is 14.6. The normalized spacial score (nSPS) is 10.2. The fraction of sp³-hybridized carbons (Fsp3) is 0.143. The third kappa shape index (κ3) is 3.40. The van der Waals surface area contributed by atoms with Crippen molar-refractivity contribution in [2.75, 3.05) is 5.75 Å². The molecule has 1 aromatic heterocycles. The van der Waals surface area contributed by atoms with E-state index in [1.54, 1.807) is 17.8 Å². The Morgan fingerprint density at radius 2 is 2.00 bits per heavy atom. The number of guanidine groups is 1. The Morgan fingerprint density at radius 1 is 1.25 bits per heavy atom. The molecule has 4 nitrogen and oxygen atoms in total. The van der Waals surface area contributed by atoms with E-state index in [0.29, 0.717) is 4.88 Å². The number of amides is 1. The SMILES string of the molecule is CCSc1ccccc1-c1ccc(C(=O)N=C(N)N)s1. The molecule has 0 aliphatic carbocycles. The number of carbonyl (C=O) groups is 1. The molecule has 1 amide bonds. The van der Waals surface area contributed by atoms with E-state index < -0.39 is 5.91 Å². The summed E-state index contributed by atoms with van der Waals surface area (Å²) in [5, 5.41) is 0. The molecule has 0 unspecified atom stereocenters. The van der Waals surface area contributed by atoms with Gasteiger partial charge in [0, 0.05) is 15.3 Å². The first-order valence-corrected chi connectivity index (χ1v) is 7.88. The minimum absolute atomic E-state index is 0.216. The molecule has 0 aliphatic heterocycles. The van der Waals surface area contributed by atoms with Crippen molar-refractivity contribution >= 4 is 35.0 Å². The number of hydrogen-bond acceptors (Lipinski definition) is 3. The van der Waals surface area contributed by atoms with Crippen LogP contribution in [-0.2, 0) is 0 Å². The second-order valence-electron chi connectivity index (χ2n) is 3.93. The van der Waals surface area contributed by atoms with Gasteiger partial charge >= 0.3 is 0 Å². The van der Waals surface area contributed by atoms with Crippen LogP contribution >= 0.6 is 23.1 Å². The molecule has 0 radical (unpaired) electrons. The van der Waals surface area contributed by atoms with Crippen molar-refractivity contribution in [3.8, 4) is 10.4 Å². The van der Waals surface area contributed by atoms with Crippen LogP contribution < -0.4 is 11.5 Å². The first-order chi connectivity index (χ1) is 9.61. The zero-order valence-corrected chi connectivity index (χ0v) is 12.6. The number of benzene rings is 1. The number of carbonyl (C=O) groups excluding carboxylic acids is 1. The van der Waals surface area contributed by atoms with Crippen molar-refractivity contribution in [3.05, 3.63) is 41.3 Å². The molecule has 0 saturated carbocycles. The summed E-state index contributed by atoms with van der Waals surface area (Å²) in [4.78, 5) is 18.1. The van der Waals surface area contributed by atoms with Crippen molar-refractivity contribution in [2.45, 2.75) is 11.8 Å². The van der Waals surface area contributed by atoms with Gasteiger partial charge in [0.05, 0.1) is 4.88 Å². The van der Waals surface area contributed by atoms with Crippen LogP contribution in [0.4, 0.5) is 0 Å². The minimum Gasteiger partial charge on any atom is -0.370 e. The fourth-order valence-corrected chi connectivity index (χ4v) is 3.54. The molecule has 0 bridgehead atoms. The molecule has 0 fully saturated rings. The van der Waals surface area contributed by atoms with Crippen LogP contribution in [0.5, 0.6) is 0 Å². The summed E-state index contributed by atoms with van der Waals surface area (Å²) in [6, 6.07) is 11.8. The summed E-state index contributed by atoms with van der Waals surface area (Å²) in [6.07, 6.45) is 0. The van der Waals surface area contributed by atoms with Gasteiger partial charge in [-0.15, -0.1) is 23.1 Å². The largest absolute Gasteiger partial charge is 0.370 e. The predicted octanol–water partition coefficient (Wildman–Crippen LogP) is 2.94. The number of rotatable bonds is 4. The van der Waals surface area contributed by atoms with Crippen LogP contribution in [0.25, 0.3) is 10.4 Å². The van der Waals surface area contributed by atoms with Crippen molar-refractivity contribution in [3.63, 3.8) is 0 Å². The summed E-state index contributed by atoms with van der Waals surface area (Å²) in [5.41, 5.74) is 11.6. The number of thioether (sulfide) groups is 1. The highest BCUT2D eigenvalue weighted by Gasteiger charge is 2.12. The number of nitrogens with two attached hydrogens (primary N) is 2. The minimum atomic E-state index is -0.401. The van der Waals surface area contributed by atoms with Gasteiger partial charge in [-0.1, -0.05) is 25.1 Å². The van der Waals surface area contributed by atoms with E-state index >= 15 is 0 Å². The second-order valence-corrected chi connectivity index (χ2v) is 6.32. The molecule has 1 heterocycles. The maximum absolute atomic E-state index is 11.8. The molecular weight excluding hydrogens is 290 g/mol. The molecule has 0 atom stereocenters. The fourth-order valence-electron chi connectivity index (χ4n) is 1.72. The van der Waals surface area contributed by atoms with Gasteiger partial charge in [0.2, 0.25) is 0 Å². The van der Waals surface area contributed by atoms with Crippen LogP contribution in [0.1, 0.15) is 16.6 Å². The summed E-state index contributed by atoms with van der Waals surface area (Å²) in [5.74, 6) is 0.385. The molecule has 4 N–H and O–H groups in total. The molecule has 2 rings (SSSR count). The lowest BCUT2D eigenvalue weighted by atomic mass is 10.2. The summed E-state index contributed by atoms with van der Waals surface area (Å²) in [7, 11) is 0. The Balaban J connectivity index is 2.34. The lowest BCUT2D eigenvalue weighted by molar-refractivity contribution is 0.101. The predicted molar refractivity (Wildman–Crippen MR) is 86.3 cm³/mol. The van der Waals surface area contributed by atoms with Crippen molar-refractivity contribution < 1.29 is 4.79 Å². The highest BCUT2D eigenvalue weighted by atomic mass is 32.2. The molecule has 0 aliphatic rings. The van der Waals surface area contributed by atoms with Gasteiger partial charge in [-0.25, -0.2) is 0 Å². The molecule has 104 valence electrons. The Hall–Kier alpha value is -1.79. The van der Waals surface area contributed by atoms with Gasteiger partial charge in [0.15, 0.2) is 5.96 Å². The number of nitrogens with zero attached hydrogens (tertiary/aromatic N) is 1. The Morgan fingerprint density at radius 3 is 2.70 bits per heavy atom. The monoisotopic (exact) mass is 305 g/mol. The maximum Gasteiger partial charge on any atom is 0.290 e. The van der Waals surface area contributed by atoms with E-state index in [4.69, 9.17) is 11.5 Å². The van der Waals surface area contributed by atoms with E-state index in [1.807, 2.05) is 18.2 Å². The quantitative estimate of drug-likeness (QED) is 0.517. The average Bonchev–Trinajstić information content (AvgIpc) is 2.88. The van der Waals surface area contributed by atoms with Crippen molar-refractivity contribution in [1.29, 1.82) is 0 Å². The summed E-state index contributed by atoms with van der Waals surface area (Å²) in [6.45, 7) is 2.11. The topological polar surface area (TPSA) is 81.5 Å². The van der Waals surface area contributed by atoms with Crippen molar-refractivity contribution in [2.24, 2.45) is 16.5 Å². The van der Waals surface area contributed by atoms with Gasteiger partial charge in [-0.2, -0.15) is 4.99 Å². The van der Waals surface area contributed by atoms with E-state index in [1.165, 1.54) is 16.2 Å². The van der Waals surface area contributed by atoms with Crippen LogP contribution in [0.3, 0.4) is 0 Å². The van der Waals surface area contributed by atoms with Gasteiger partial charge < -0.3 is 11.5 Å². The smallest absolute Gasteiger partial charge is 0.290 e. The zero-order valence-electron chi connectivity index (χ0n) is 11.0. The maximum atomic E-state index is 11.8. The lowest BCUT2D eigenvalue weighted by Crippen LogP contribution is -2.24. The number of hydrogen-bond donors (Lipinski definition) is 2. The van der Waals surface area contributed by atoms with E-state index in [9.17, 15) is 4.79 Å². The molecular formula is C14H15N3OS2. The molecule has 0 spiro atoms. The highest BCUT2D eigenvalue weighted by Crippen LogP contribution is 2.35. The molecule has 0 saturated heterocycles. The highest BCUT2D eigenvalue weighted by molar-refractivity contribution is 7.99. The average molecular weight is 305 g/mol. The van der Waals surface area contributed by atoms with E-state index in [-0.39, 0.29) is 5.96 Å². The second kappa shape index (κ2) is 6.58. The van der Waals surface area contributed by atoms with Crippen LogP contribution in [-0.4, -0.2) is 17.6 Å². The Kier molecular flexibility index (Phi) is 4.81. The van der Waals surface area contributed by atoms with Crippen LogP contribution in [0.2, 0.25) is 0 Å². The zero-order chi connectivity index (χ0) is 14.5. The standard InChI is InChI=1S/C14H15N3OS2/c1-2-19-10-6-4-3-5-9(10)11-7-8-12(20-11)13(18)17-14(15)16/h3-8H,2H2,1H3,(H4,15,16,17,18). The van der Waals surface area contributed by atoms with Gasteiger partial charge in [0.1, 0.15) is 0 Å². The molecule has 20 heavy (non-hydrogen) atoms. The number of thiophene rings is 1. The molecule has 6 heteroatoms. The van der Waals surface area contributed by atoms with Crippen LogP contribution in [0, 0.1) is 0 Å². The van der Waals surface area contributed by atoms with Gasteiger partial charge in [-0.05, 0) is 24.0 Å². The van der Waals surface area contributed by atoms with Gasteiger partial charge in [-0.3, -0.25) is 4.79 Å². The first-order valence-electron chi connectivity index (χ1n) is 6.07.